The van der Waals surface area contributed by atoms with Gasteiger partial charge in [-0.05, 0) is 24.8 Å². The Hall–Kier alpha value is -1.82. The summed E-state index contributed by atoms with van der Waals surface area (Å²) in [5.41, 5.74) is 13.0. The minimum atomic E-state index is -0.483. The fraction of sp³-hybridized carbons (Fsp3) is 0.429. The molecule has 4 N–H and O–H groups in total. The summed E-state index contributed by atoms with van der Waals surface area (Å²) in [5, 5.41) is 0.876. The maximum absolute atomic E-state index is 11.4. The third kappa shape index (κ3) is 2.10. The Labute approximate surface area is 121 Å². The van der Waals surface area contributed by atoms with Gasteiger partial charge in [-0.15, -0.1) is 11.3 Å². The number of carbonyl (C=O) groups excluding carboxylic acids is 1. The summed E-state index contributed by atoms with van der Waals surface area (Å²) in [6.45, 7) is 4.31. The van der Waals surface area contributed by atoms with Crippen LogP contribution in [0, 0.1) is 5.92 Å². The maximum Gasteiger partial charge on any atom is 0.260 e. The third-order valence-corrected chi connectivity index (χ3v) is 5.08. The molecule has 1 amide bonds. The van der Waals surface area contributed by atoms with Crippen LogP contribution in [0.15, 0.2) is 12.3 Å². The molecule has 1 saturated heterocycles. The van der Waals surface area contributed by atoms with E-state index in [0.717, 1.165) is 34.9 Å². The molecular weight excluding hydrogens is 272 g/mol. The Morgan fingerprint density at radius 1 is 1.45 bits per heavy atom. The highest BCUT2D eigenvalue weighted by molar-refractivity contribution is 7.21. The summed E-state index contributed by atoms with van der Waals surface area (Å²) in [5.74, 6) is 0.285. The van der Waals surface area contributed by atoms with Crippen molar-refractivity contribution in [1.82, 2.24) is 4.98 Å². The molecule has 5 nitrogen and oxygen atoms in total. The third-order valence-electron chi connectivity index (χ3n) is 3.96. The predicted molar refractivity (Wildman–Crippen MR) is 83.2 cm³/mol. The van der Waals surface area contributed by atoms with Gasteiger partial charge in [0.2, 0.25) is 0 Å². The first-order chi connectivity index (χ1) is 9.58. The van der Waals surface area contributed by atoms with Crippen molar-refractivity contribution < 1.29 is 4.79 Å². The molecule has 0 spiro atoms. The summed E-state index contributed by atoms with van der Waals surface area (Å²) >= 11 is 1.27. The molecule has 1 fully saturated rings. The molecule has 0 atom stereocenters. The van der Waals surface area contributed by atoms with Gasteiger partial charge in [0.15, 0.2) is 0 Å². The number of anilines is 2. The molecule has 0 unspecified atom stereocenters. The van der Waals surface area contributed by atoms with E-state index in [1.54, 1.807) is 6.20 Å². The van der Waals surface area contributed by atoms with Gasteiger partial charge >= 0.3 is 0 Å². The minimum Gasteiger partial charge on any atom is -0.397 e. The zero-order valence-electron chi connectivity index (χ0n) is 11.4. The number of carbonyl (C=O) groups is 1. The van der Waals surface area contributed by atoms with Crippen LogP contribution in [0.2, 0.25) is 0 Å². The van der Waals surface area contributed by atoms with E-state index in [1.807, 2.05) is 6.07 Å². The molecule has 0 aliphatic carbocycles. The van der Waals surface area contributed by atoms with Crippen molar-refractivity contribution in [3.8, 4) is 0 Å². The van der Waals surface area contributed by atoms with Gasteiger partial charge in [-0.1, -0.05) is 6.92 Å². The van der Waals surface area contributed by atoms with Crippen molar-refractivity contribution in [2.45, 2.75) is 19.8 Å². The second kappa shape index (κ2) is 4.94. The molecule has 3 rings (SSSR count). The van der Waals surface area contributed by atoms with E-state index in [0.29, 0.717) is 10.6 Å². The Bertz CT molecular complexity index is 658. The summed E-state index contributed by atoms with van der Waals surface area (Å²) in [6, 6.07) is 1.98. The number of amides is 1. The van der Waals surface area contributed by atoms with Crippen LogP contribution >= 0.6 is 11.3 Å². The lowest BCUT2D eigenvalue weighted by atomic mass is 9.98. The zero-order chi connectivity index (χ0) is 14.3. The number of piperidine rings is 1. The van der Waals surface area contributed by atoms with E-state index in [9.17, 15) is 4.79 Å². The van der Waals surface area contributed by atoms with Crippen LogP contribution in [-0.4, -0.2) is 24.0 Å². The van der Waals surface area contributed by atoms with Crippen LogP contribution in [0.4, 0.5) is 11.4 Å². The molecule has 106 valence electrons. The lowest BCUT2D eigenvalue weighted by Crippen LogP contribution is -2.32. The molecule has 6 heteroatoms. The van der Waals surface area contributed by atoms with Crippen LogP contribution in [0.3, 0.4) is 0 Å². The minimum absolute atomic E-state index is 0.408. The number of thiophene rings is 1. The van der Waals surface area contributed by atoms with Crippen LogP contribution in [-0.2, 0) is 0 Å². The van der Waals surface area contributed by atoms with Gasteiger partial charge in [-0.2, -0.15) is 0 Å². The van der Waals surface area contributed by atoms with E-state index in [-0.39, 0.29) is 0 Å². The second-order valence-electron chi connectivity index (χ2n) is 5.39. The summed E-state index contributed by atoms with van der Waals surface area (Å²) < 4.78 is 0. The second-order valence-corrected chi connectivity index (χ2v) is 6.39. The fourth-order valence-corrected chi connectivity index (χ4v) is 3.66. The zero-order valence-corrected chi connectivity index (χ0v) is 12.2. The van der Waals surface area contributed by atoms with Crippen LogP contribution in [0.5, 0.6) is 0 Å². The lowest BCUT2D eigenvalue weighted by Gasteiger charge is -2.32. The van der Waals surface area contributed by atoms with Crippen LogP contribution in [0.1, 0.15) is 29.4 Å². The molecule has 1 aliphatic rings. The SMILES string of the molecule is CC1CCN(c2ccnc3sc(C(N)=O)c(N)c23)CC1. The van der Waals surface area contributed by atoms with Gasteiger partial charge in [-0.3, -0.25) is 4.79 Å². The predicted octanol–water partition coefficient (Wildman–Crippen LogP) is 2.21. The van der Waals surface area contributed by atoms with Crippen LogP contribution in [0.25, 0.3) is 10.2 Å². The fourth-order valence-electron chi connectivity index (χ4n) is 2.72. The molecule has 0 bridgehead atoms. The van der Waals surface area contributed by atoms with Gasteiger partial charge in [0.1, 0.15) is 9.71 Å². The quantitative estimate of drug-likeness (QED) is 0.888. The van der Waals surface area contributed by atoms with E-state index < -0.39 is 5.91 Å². The molecular formula is C14H18N4OS. The van der Waals surface area contributed by atoms with E-state index in [1.165, 1.54) is 24.2 Å². The number of hydrogen-bond donors (Lipinski definition) is 2. The highest BCUT2D eigenvalue weighted by Gasteiger charge is 2.22. The maximum atomic E-state index is 11.4. The number of nitrogens with two attached hydrogens (primary N) is 2. The average molecular weight is 290 g/mol. The first-order valence-corrected chi connectivity index (χ1v) is 7.61. The van der Waals surface area contributed by atoms with E-state index >= 15 is 0 Å². The van der Waals surface area contributed by atoms with Crippen molar-refractivity contribution in [3.63, 3.8) is 0 Å². The molecule has 20 heavy (non-hydrogen) atoms. The Kier molecular flexibility index (Phi) is 3.25. The number of nitrogens with zero attached hydrogens (tertiary/aromatic N) is 2. The Balaban J connectivity index is 2.09. The van der Waals surface area contributed by atoms with E-state index in [2.05, 4.69) is 16.8 Å². The number of aromatic nitrogens is 1. The van der Waals surface area contributed by atoms with Gasteiger partial charge in [0.05, 0.1) is 16.8 Å². The van der Waals surface area contributed by atoms with Crippen molar-refractivity contribution >= 4 is 38.8 Å². The van der Waals surface area contributed by atoms with Gasteiger partial charge in [-0.25, -0.2) is 4.98 Å². The van der Waals surface area contributed by atoms with Crippen molar-refractivity contribution in [1.29, 1.82) is 0 Å². The highest BCUT2D eigenvalue weighted by Crippen LogP contribution is 2.39. The first-order valence-electron chi connectivity index (χ1n) is 6.79. The van der Waals surface area contributed by atoms with Crippen molar-refractivity contribution in [2.24, 2.45) is 11.7 Å². The molecule has 0 radical (unpaired) electrons. The van der Waals surface area contributed by atoms with Gasteiger partial charge in [0.25, 0.3) is 5.91 Å². The lowest BCUT2D eigenvalue weighted by molar-refractivity contribution is 0.100. The summed E-state index contributed by atoms with van der Waals surface area (Å²) in [7, 11) is 0. The molecule has 2 aromatic rings. The number of rotatable bonds is 2. The molecule has 2 aromatic heterocycles. The standard InChI is InChI=1S/C14H18N4OS/c1-8-3-6-18(7-4-8)9-2-5-17-14-10(9)11(15)12(20-14)13(16)19/h2,5,8H,3-4,6-7,15H2,1H3,(H2,16,19). The largest absolute Gasteiger partial charge is 0.397 e. The van der Waals surface area contributed by atoms with E-state index in [4.69, 9.17) is 11.5 Å². The normalized spacial score (nSPS) is 16.8. The molecule has 1 aliphatic heterocycles. The number of nitrogen functional groups attached to an aromatic ring is 1. The smallest absolute Gasteiger partial charge is 0.260 e. The molecule has 3 heterocycles. The summed E-state index contributed by atoms with van der Waals surface area (Å²) in [6.07, 6.45) is 4.13. The number of primary amides is 1. The Morgan fingerprint density at radius 3 is 2.80 bits per heavy atom. The number of pyridine rings is 1. The summed E-state index contributed by atoms with van der Waals surface area (Å²) in [4.78, 5) is 19.3. The topological polar surface area (TPSA) is 85.2 Å². The monoisotopic (exact) mass is 290 g/mol. The molecule has 0 aromatic carbocycles. The van der Waals surface area contributed by atoms with Gasteiger partial charge < -0.3 is 16.4 Å². The average Bonchev–Trinajstić information content (AvgIpc) is 2.77. The van der Waals surface area contributed by atoms with Gasteiger partial charge in [0, 0.05) is 19.3 Å². The highest BCUT2D eigenvalue weighted by atomic mass is 32.1. The Morgan fingerprint density at radius 2 is 2.15 bits per heavy atom. The van der Waals surface area contributed by atoms with Crippen molar-refractivity contribution in [3.05, 3.63) is 17.1 Å². The van der Waals surface area contributed by atoms with Crippen molar-refractivity contribution in [2.75, 3.05) is 23.7 Å². The first kappa shape index (κ1) is 13.2. The number of fused-ring (bicyclic) bond motifs is 1. The molecule has 0 saturated carbocycles. The number of hydrogen-bond acceptors (Lipinski definition) is 5. The van der Waals surface area contributed by atoms with Crippen LogP contribution < -0.4 is 16.4 Å².